The number of hydrogen-bond acceptors (Lipinski definition) is 1. The van der Waals surface area contributed by atoms with Gasteiger partial charge in [0.1, 0.15) is 5.75 Å². The van der Waals surface area contributed by atoms with Gasteiger partial charge in [-0.2, -0.15) is 0 Å². The molecule has 3 aromatic carbocycles. The van der Waals surface area contributed by atoms with E-state index in [1.165, 1.54) is 34.7 Å². The molecule has 0 spiro atoms. The summed E-state index contributed by atoms with van der Waals surface area (Å²) in [6.45, 7) is 0.854. The molecular formula is C27H26O. The number of benzene rings is 3. The summed E-state index contributed by atoms with van der Waals surface area (Å²) in [6, 6.07) is 23.7. The molecule has 0 saturated heterocycles. The topological polar surface area (TPSA) is 9.23 Å². The van der Waals surface area contributed by atoms with Crippen LogP contribution in [0, 0.1) is 17.8 Å². The molecule has 0 amide bonds. The minimum absolute atomic E-state index is 0.708. The highest BCUT2D eigenvalue weighted by atomic mass is 16.5. The molecule has 0 radical (unpaired) electrons. The van der Waals surface area contributed by atoms with Gasteiger partial charge in [0, 0.05) is 0 Å². The van der Waals surface area contributed by atoms with E-state index in [9.17, 15) is 0 Å². The van der Waals surface area contributed by atoms with Crippen molar-refractivity contribution in [3.05, 3.63) is 96.1 Å². The average molecular weight is 367 g/mol. The van der Waals surface area contributed by atoms with Crippen LogP contribution >= 0.6 is 0 Å². The van der Waals surface area contributed by atoms with Crippen LogP contribution in [0.1, 0.15) is 24.0 Å². The Morgan fingerprint density at radius 3 is 2.50 bits per heavy atom. The fourth-order valence-electron chi connectivity index (χ4n) is 4.65. The Morgan fingerprint density at radius 1 is 0.857 bits per heavy atom. The second-order valence-corrected chi connectivity index (χ2v) is 8.21. The lowest BCUT2D eigenvalue weighted by molar-refractivity contribution is 0.227. The second-order valence-electron chi connectivity index (χ2n) is 8.21. The van der Waals surface area contributed by atoms with E-state index in [0.717, 1.165) is 30.6 Å². The quantitative estimate of drug-likeness (QED) is 0.442. The monoisotopic (exact) mass is 366 g/mol. The molecule has 1 nitrogen and oxygen atoms in total. The summed E-state index contributed by atoms with van der Waals surface area (Å²) >= 11 is 0. The zero-order chi connectivity index (χ0) is 18.8. The molecule has 2 bridgehead atoms. The third kappa shape index (κ3) is 3.75. The lowest BCUT2D eigenvalue weighted by atomic mass is 9.95. The minimum atomic E-state index is 0.708. The van der Waals surface area contributed by atoms with E-state index >= 15 is 0 Å². The van der Waals surface area contributed by atoms with E-state index < -0.39 is 0 Å². The van der Waals surface area contributed by atoms with Gasteiger partial charge in [-0.1, -0.05) is 72.8 Å². The molecule has 5 rings (SSSR count). The van der Waals surface area contributed by atoms with Crippen molar-refractivity contribution in [3.63, 3.8) is 0 Å². The third-order valence-electron chi connectivity index (χ3n) is 6.24. The standard InChI is InChI=1S/C27H26O/c1-2-7-24-16-21(8-12-23(24)6-1)5-3-4-20-10-14-27(15-11-20)28-19-26-18-22-9-13-25(26)17-22/h1-3,5-16,22,25-26H,4,17-19H2/b5-3+. The fourth-order valence-corrected chi connectivity index (χ4v) is 4.65. The van der Waals surface area contributed by atoms with Crippen molar-refractivity contribution in [2.75, 3.05) is 6.61 Å². The van der Waals surface area contributed by atoms with Gasteiger partial charge in [-0.25, -0.2) is 0 Å². The first kappa shape index (κ1) is 17.3. The number of fused-ring (bicyclic) bond motifs is 3. The smallest absolute Gasteiger partial charge is 0.119 e. The maximum absolute atomic E-state index is 6.06. The van der Waals surface area contributed by atoms with Gasteiger partial charge < -0.3 is 4.74 Å². The molecule has 2 aliphatic carbocycles. The van der Waals surface area contributed by atoms with E-state index in [4.69, 9.17) is 4.74 Å². The molecule has 1 fully saturated rings. The second kappa shape index (κ2) is 7.67. The Kier molecular flexibility index (Phi) is 4.74. The molecule has 0 aromatic heterocycles. The van der Waals surface area contributed by atoms with Crippen molar-refractivity contribution in [2.24, 2.45) is 17.8 Å². The summed E-state index contributed by atoms with van der Waals surface area (Å²) in [4.78, 5) is 0. The van der Waals surface area contributed by atoms with E-state index in [2.05, 4.69) is 91.0 Å². The molecule has 0 heterocycles. The molecule has 0 aliphatic heterocycles. The molecule has 1 heteroatoms. The van der Waals surface area contributed by atoms with Crippen molar-refractivity contribution in [1.29, 1.82) is 0 Å². The summed E-state index contributed by atoms with van der Waals surface area (Å²) in [5, 5.41) is 2.58. The van der Waals surface area contributed by atoms with Gasteiger partial charge in [-0.3, -0.25) is 0 Å². The normalized spacial score (nSPS) is 23.1. The Morgan fingerprint density at radius 2 is 1.71 bits per heavy atom. The summed E-state index contributed by atoms with van der Waals surface area (Å²) in [7, 11) is 0. The van der Waals surface area contributed by atoms with Crippen molar-refractivity contribution in [3.8, 4) is 5.75 Å². The largest absolute Gasteiger partial charge is 0.493 e. The van der Waals surface area contributed by atoms with Crippen molar-refractivity contribution < 1.29 is 4.74 Å². The number of hydrogen-bond donors (Lipinski definition) is 0. The van der Waals surface area contributed by atoms with Gasteiger partial charge >= 0.3 is 0 Å². The van der Waals surface area contributed by atoms with Gasteiger partial charge in [0.25, 0.3) is 0 Å². The zero-order valence-electron chi connectivity index (χ0n) is 16.1. The molecule has 140 valence electrons. The van der Waals surface area contributed by atoms with Crippen molar-refractivity contribution in [1.82, 2.24) is 0 Å². The highest BCUT2D eigenvalue weighted by molar-refractivity contribution is 5.84. The van der Waals surface area contributed by atoms with Crippen LogP contribution in [0.25, 0.3) is 16.8 Å². The van der Waals surface area contributed by atoms with E-state index in [0.29, 0.717) is 5.92 Å². The summed E-state index contributed by atoms with van der Waals surface area (Å²) in [6.07, 6.45) is 12.8. The van der Waals surface area contributed by atoms with Crippen LogP contribution in [0.5, 0.6) is 5.75 Å². The van der Waals surface area contributed by atoms with E-state index in [1.807, 2.05) is 0 Å². The van der Waals surface area contributed by atoms with Crippen LogP contribution in [0.15, 0.2) is 85.0 Å². The Bertz CT molecular complexity index is 1010. The predicted octanol–water partition coefficient (Wildman–Crippen LogP) is 6.69. The molecule has 1 saturated carbocycles. The highest BCUT2D eigenvalue weighted by Crippen LogP contribution is 2.43. The lowest BCUT2D eigenvalue weighted by Crippen LogP contribution is -2.16. The van der Waals surface area contributed by atoms with Crippen LogP contribution in [0.3, 0.4) is 0 Å². The minimum Gasteiger partial charge on any atom is -0.493 e. The van der Waals surface area contributed by atoms with Gasteiger partial charge in [-0.05, 0) is 77.1 Å². The lowest BCUT2D eigenvalue weighted by Gasteiger charge is -2.18. The first-order valence-corrected chi connectivity index (χ1v) is 10.4. The maximum atomic E-state index is 6.06. The van der Waals surface area contributed by atoms with Crippen molar-refractivity contribution in [2.45, 2.75) is 19.3 Å². The van der Waals surface area contributed by atoms with Crippen LogP contribution in [0.2, 0.25) is 0 Å². The van der Waals surface area contributed by atoms with Crippen LogP contribution in [-0.2, 0) is 6.42 Å². The van der Waals surface area contributed by atoms with E-state index in [-0.39, 0.29) is 0 Å². The molecule has 0 N–H and O–H groups in total. The van der Waals surface area contributed by atoms with Crippen LogP contribution in [0.4, 0.5) is 0 Å². The van der Waals surface area contributed by atoms with Crippen LogP contribution < -0.4 is 4.74 Å². The fraction of sp³-hybridized carbons (Fsp3) is 0.259. The highest BCUT2D eigenvalue weighted by Gasteiger charge is 2.35. The first-order chi connectivity index (χ1) is 13.8. The van der Waals surface area contributed by atoms with Gasteiger partial charge in [-0.15, -0.1) is 0 Å². The Balaban J connectivity index is 1.15. The number of allylic oxidation sites excluding steroid dienone is 3. The molecule has 3 unspecified atom stereocenters. The molecular weight excluding hydrogens is 340 g/mol. The maximum Gasteiger partial charge on any atom is 0.119 e. The van der Waals surface area contributed by atoms with Gasteiger partial charge in [0.15, 0.2) is 0 Å². The van der Waals surface area contributed by atoms with E-state index in [1.54, 1.807) is 0 Å². The van der Waals surface area contributed by atoms with Crippen molar-refractivity contribution >= 4 is 16.8 Å². The zero-order valence-corrected chi connectivity index (χ0v) is 16.1. The summed E-state index contributed by atoms with van der Waals surface area (Å²) in [5.41, 5.74) is 2.56. The Hall–Kier alpha value is -2.80. The SMILES string of the molecule is C1=CC2CC1CC2COc1ccc(C/C=C/c2ccc3ccccc3c2)cc1. The molecule has 2 aliphatic rings. The van der Waals surface area contributed by atoms with Gasteiger partial charge in [0.05, 0.1) is 6.61 Å². The predicted molar refractivity (Wildman–Crippen MR) is 117 cm³/mol. The first-order valence-electron chi connectivity index (χ1n) is 10.4. The summed E-state index contributed by atoms with van der Waals surface area (Å²) < 4.78 is 6.06. The third-order valence-corrected chi connectivity index (χ3v) is 6.24. The molecule has 28 heavy (non-hydrogen) atoms. The molecule has 3 aromatic rings. The average Bonchev–Trinajstić information content (AvgIpc) is 3.36. The Labute approximate surface area is 167 Å². The summed E-state index contributed by atoms with van der Waals surface area (Å²) in [5.74, 6) is 3.27. The number of ether oxygens (including phenoxy) is 1. The number of rotatable bonds is 6. The van der Waals surface area contributed by atoms with Gasteiger partial charge in [0.2, 0.25) is 0 Å². The molecule has 3 atom stereocenters. The van der Waals surface area contributed by atoms with Crippen LogP contribution in [-0.4, -0.2) is 6.61 Å².